The summed E-state index contributed by atoms with van der Waals surface area (Å²) in [6.45, 7) is 9.51. The average molecular weight is 306 g/mol. The van der Waals surface area contributed by atoms with Crippen LogP contribution in [0.5, 0.6) is 0 Å². The normalized spacial score (nSPS) is 12.1. The lowest BCUT2D eigenvalue weighted by Crippen LogP contribution is -2.21. The summed E-state index contributed by atoms with van der Waals surface area (Å²) >= 11 is 0. The van der Waals surface area contributed by atoms with E-state index >= 15 is 0 Å². The zero-order valence-corrected chi connectivity index (χ0v) is 14.3. The van der Waals surface area contributed by atoms with Crippen molar-refractivity contribution in [2.45, 2.75) is 34.6 Å². The molecule has 0 aliphatic rings. The number of nitriles is 1. The maximum Gasteiger partial charge on any atom is 0.178 e. The number of carbonyl (C=O) groups is 1. The molecule has 1 aromatic heterocycles. The van der Waals surface area contributed by atoms with E-state index < -0.39 is 5.41 Å². The van der Waals surface area contributed by atoms with Crippen molar-refractivity contribution in [2.75, 3.05) is 0 Å². The molecular weight excluding hydrogens is 284 g/mol. The number of benzene rings is 1. The molecule has 23 heavy (non-hydrogen) atoms. The van der Waals surface area contributed by atoms with Crippen molar-refractivity contribution in [3.05, 3.63) is 58.9 Å². The summed E-state index contributed by atoms with van der Waals surface area (Å²) in [5.41, 5.74) is 3.70. The Hall–Kier alpha value is -2.60. The van der Waals surface area contributed by atoms with Crippen LogP contribution in [0.15, 0.2) is 42.0 Å². The second kappa shape index (κ2) is 6.26. The van der Waals surface area contributed by atoms with Gasteiger partial charge in [0.25, 0.3) is 0 Å². The fourth-order valence-corrected chi connectivity index (χ4v) is 2.62. The van der Waals surface area contributed by atoms with Gasteiger partial charge in [0.15, 0.2) is 5.78 Å². The molecule has 0 aliphatic carbocycles. The molecule has 0 saturated carbocycles. The number of hydrogen-bond donors (Lipinski definition) is 0. The van der Waals surface area contributed by atoms with Gasteiger partial charge in [-0.3, -0.25) is 4.79 Å². The number of hydrogen-bond acceptors (Lipinski definition) is 2. The first-order valence-corrected chi connectivity index (χ1v) is 7.66. The molecule has 3 heteroatoms. The Kier molecular flexibility index (Phi) is 4.56. The van der Waals surface area contributed by atoms with E-state index in [0.29, 0.717) is 0 Å². The highest BCUT2D eigenvalue weighted by atomic mass is 16.1. The quantitative estimate of drug-likeness (QED) is 0.613. The summed E-state index contributed by atoms with van der Waals surface area (Å²) in [5, 5.41) is 9.36. The molecule has 2 rings (SSSR count). The molecule has 1 aromatic carbocycles. The van der Waals surface area contributed by atoms with Crippen LogP contribution >= 0.6 is 0 Å². The Labute approximate surface area is 137 Å². The molecule has 0 bridgehead atoms. The summed E-state index contributed by atoms with van der Waals surface area (Å²) in [4.78, 5) is 12.4. The third-order valence-electron chi connectivity index (χ3n) is 3.83. The van der Waals surface area contributed by atoms with Crippen LogP contribution in [-0.4, -0.2) is 10.4 Å². The number of para-hydroxylation sites is 1. The summed E-state index contributed by atoms with van der Waals surface area (Å²) < 4.78 is 2.13. The second-order valence-electron chi connectivity index (χ2n) is 6.75. The van der Waals surface area contributed by atoms with E-state index in [1.54, 1.807) is 6.08 Å². The van der Waals surface area contributed by atoms with Crippen LogP contribution in [-0.2, 0) is 4.79 Å². The number of aromatic nitrogens is 1. The van der Waals surface area contributed by atoms with Crippen LogP contribution in [0, 0.1) is 30.6 Å². The molecule has 2 aromatic rings. The molecular formula is C20H22N2O. The highest BCUT2D eigenvalue weighted by Gasteiger charge is 2.25. The minimum absolute atomic E-state index is 0.135. The largest absolute Gasteiger partial charge is 0.318 e. The van der Waals surface area contributed by atoms with Crippen molar-refractivity contribution in [1.82, 2.24) is 4.57 Å². The van der Waals surface area contributed by atoms with E-state index in [4.69, 9.17) is 0 Å². The van der Waals surface area contributed by atoms with Gasteiger partial charge in [0.2, 0.25) is 0 Å². The topological polar surface area (TPSA) is 45.8 Å². The Morgan fingerprint density at radius 2 is 1.78 bits per heavy atom. The molecule has 0 radical (unpaired) electrons. The van der Waals surface area contributed by atoms with Crippen molar-refractivity contribution < 1.29 is 4.79 Å². The number of carbonyl (C=O) groups excluding carboxylic acids is 1. The first-order chi connectivity index (χ1) is 10.8. The number of allylic oxidation sites excluding steroid dienone is 1. The van der Waals surface area contributed by atoms with Gasteiger partial charge in [-0.15, -0.1) is 0 Å². The summed E-state index contributed by atoms with van der Waals surface area (Å²) in [6, 6.07) is 14.1. The summed E-state index contributed by atoms with van der Waals surface area (Å²) in [7, 11) is 0. The molecule has 118 valence electrons. The molecule has 0 unspecified atom stereocenters. The van der Waals surface area contributed by atoms with E-state index in [0.717, 1.165) is 22.6 Å². The van der Waals surface area contributed by atoms with E-state index in [9.17, 15) is 10.1 Å². The summed E-state index contributed by atoms with van der Waals surface area (Å²) in [6.07, 6.45) is 1.70. The van der Waals surface area contributed by atoms with Crippen LogP contribution in [0.4, 0.5) is 0 Å². The minimum atomic E-state index is -0.563. The monoisotopic (exact) mass is 306 g/mol. The standard InChI is InChI=1S/C20H22N2O/c1-14-11-16(12-17(13-21)19(23)20(3,4)5)15(2)22(14)18-9-7-6-8-10-18/h6-12H,1-5H3/b17-12+. The van der Waals surface area contributed by atoms with Crippen LogP contribution in [0.3, 0.4) is 0 Å². The fraction of sp³-hybridized carbons (Fsp3) is 0.300. The number of aryl methyl sites for hydroxylation is 1. The van der Waals surface area contributed by atoms with Crippen LogP contribution in [0.25, 0.3) is 11.8 Å². The second-order valence-corrected chi connectivity index (χ2v) is 6.75. The Balaban J connectivity index is 2.53. The van der Waals surface area contributed by atoms with Crippen LogP contribution in [0.1, 0.15) is 37.7 Å². The van der Waals surface area contributed by atoms with Gasteiger partial charge < -0.3 is 4.57 Å². The molecule has 0 aliphatic heterocycles. The molecule has 0 fully saturated rings. The smallest absolute Gasteiger partial charge is 0.178 e. The van der Waals surface area contributed by atoms with Crippen molar-refractivity contribution >= 4 is 11.9 Å². The Morgan fingerprint density at radius 1 is 1.17 bits per heavy atom. The van der Waals surface area contributed by atoms with Gasteiger partial charge in [0.05, 0.1) is 5.57 Å². The third-order valence-corrected chi connectivity index (χ3v) is 3.83. The van der Waals surface area contributed by atoms with Crippen molar-refractivity contribution in [3.8, 4) is 11.8 Å². The van der Waals surface area contributed by atoms with Crippen LogP contribution in [0.2, 0.25) is 0 Å². The van der Waals surface area contributed by atoms with Gasteiger partial charge in [-0.25, -0.2) is 0 Å². The average Bonchev–Trinajstić information content (AvgIpc) is 2.78. The zero-order chi connectivity index (χ0) is 17.2. The lowest BCUT2D eigenvalue weighted by Gasteiger charge is -2.15. The Bertz CT molecular complexity index is 797. The molecule has 1 heterocycles. The van der Waals surface area contributed by atoms with E-state index in [1.165, 1.54) is 0 Å². The van der Waals surface area contributed by atoms with Gasteiger partial charge in [-0.1, -0.05) is 39.0 Å². The third kappa shape index (κ3) is 3.43. The predicted molar refractivity (Wildman–Crippen MR) is 93.3 cm³/mol. The van der Waals surface area contributed by atoms with Gasteiger partial charge >= 0.3 is 0 Å². The zero-order valence-electron chi connectivity index (χ0n) is 14.3. The highest BCUT2D eigenvalue weighted by molar-refractivity contribution is 6.06. The lowest BCUT2D eigenvalue weighted by molar-refractivity contribution is -0.121. The summed E-state index contributed by atoms with van der Waals surface area (Å²) in [5.74, 6) is -0.135. The number of ketones is 1. The van der Waals surface area contributed by atoms with E-state index in [2.05, 4.69) is 10.6 Å². The maximum absolute atomic E-state index is 12.4. The predicted octanol–water partition coefficient (Wildman–Crippen LogP) is 4.62. The van der Waals surface area contributed by atoms with Gasteiger partial charge in [0, 0.05) is 22.5 Å². The number of rotatable bonds is 3. The first kappa shape index (κ1) is 16.8. The molecule has 3 nitrogen and oxygen atoms in total. The number of nitrogens with zero attached hydrogens (tertiary/aromatic N) is 2. The van der Waals surface area contributed by atoms with Gasteiger partial charge in [-0.05, 0) is 43.7 Å². The SMILES string of the molecule is Cc1cc(/C=C(\C#N)C(=O)C(C)(C)C)c(C)n1-c1ccccc1. The molecule has 0 saturated heterocycles. The lowest BCUT2D eigenvalue weighted by atomic mass is 9.86. The molecule has 0 N–H and O–H groups in total. The maximum atomic E-state index is 12.4. The molecule has 0 amide bonds. The highest BCUT2D eigenvalue weighted by Crippen LogP contribution is 2.25. The first-order valence-electron chi connectivity index (χ1n) is 7.66. The van der Waals surface area contributed by atoms with Crippen LogP contribution < -0.4 is 0 Å². The van der Waals surface area contributed by atoms with Gasteiger partial charge in [0.1, 0.15) is 6.07 Å². The van der Waals surface area contributed by atoms with Gasteiger partial charge in [-0.2, -0.15) is 5.26 Å². The fourth-order valence-electron chi connectivity index (χ4n) is 2.62. The van der Waals surface area contributed by atoms with Crippen molar-refractivity contribution in [2.24, 2.45) is 5.41 Å². The molecule has 0 atom stereocenters. The van der Waals surface area contributed by atoms with Crippen molar-refractivity contribution in [3.63, 3.8) is 0 Å². The number of Topliss-reactive ketones (excluding diaryl/α,β-unsaturated/α-hetero) is 1. The van der Waals surface area contributed by atoms with E-state index in [1.807, 2.05) is 71.0 Å². The van der Waals surface area contributed by atoms with E-state index in [-0.39, 0.29) is 11.4 Å². The van der Waals surface area contributed by atoms with Crippen molar-refractivity contribution in [1.29, 1.82) is 5.26 Å². The minimum Gasteiger partial charge on any atom is -0.318 e. The Morgan fingerprint density at radius 3 is 2.30 bits per heavy atom. The molecule has 0 spiro atoms.